The predicted molar refractivity (Wildman–Crippen MR) is 163 cm³/mol. The first-order valence-electron chi connectivity index (χ1n) is 17.0. The summed E-state index contributed by atoms with van der Waals surface area (Å²) in [6.45, 7) is 15.0. The number of carbonyl (C=O) groups excluding carboxylic acids is 4. The third kappa shape index (κ3) is 6.68. The lowest BCUT2D eigenvalue weighted by molar-refractivity contribution is -0.224. The van der Waals surface area contributed by atoms with Crippen molar-refractivity contribution in [2.45, 2.75) is 138 Å². The van der Waals surface area contributed by atoms with Gasteiger partial charge in [-0.2, -0.15) is 0 Å². The van der Waals surface area contributed by atoms with Gasteiger partial charge in [-0.15, -0.1) is 0 Å². The lowest BCUT2D eigenvalue weighted by atomic mass is 9.43. The second kappa shape index (κ2) is 13.7. The van der Waals surface area contributed by atoms with Gasteiger partial charge >= 0.3 is 23.9 Å². The van der Waals surface area contributed by atoms with Gasteiger partial charge in [-0.25, -0.2) is 0 Å². The lowest BCUT2D eigenvalue weighted by Gasteiger charge is -2.64. The quantitative estimate of drug-likeness (QED) is 0.244. The highest BCUT2D eigenvalue weighted by Gasteiger charge is 2.67. The highest BCUT2D eigenvalue weighted by atomic mass is 16.6. The van der Waals surface area contributed by atoms with E-state index >= 15 is 0 Å². The van der Waals surface area contributed by atoms with E-state index in [0.717, 1.165) is 44.9 Å². The molecule has 0 amide bonds. The maximum absolute atomic E-state index is 12.6. The van der Waals surface area contributed by atoms with Crippen molar-refractivity contribution in [1.82, 2.24) is 0 Å². The molecule has 0 saturated heterocycles. The molecular formula is C35H56O9. The minimum Gasteiger partial charge on any atom is -0.466 e. The van der Waals surface area contributed by atoms with Crippen molar-refractivity contribution in [2.75, 3.05) is 6.61 Å². The second-order valence-corrected chi connectivity index (χ2v) is 14.9. The third-order valence-electron chi connectivity index (χ3n) is 12.6. The van der Waals surface area contributed by atoms with Gasteiger partial charge in [0.15, 0.2) is 0 Å². The van der Waals surface area contributed by atoms with Crippen LogP contribution in [0.5, 0.6) is 0 Å². The Kier molecular flexibility index (Phi) is 10.8. The number of ether oxygens (including phenoxy) is 4. The first-order valence-corrected chi connectivity index (χ1v) is 17.0. The molecule has 0 aromatic heterocycles. The molecule has 4 fully saturated rings. The second-order valence-electron chi connectivity index (χ2n) is 14.9. The molecule has 9 nitrogen and oxygen atoms in total. The van der Waals surface area contributed by atoms with E-state index in [-0.39, 0.29) is 95.1 Å². The van der Waals surface area contributed by atoms with E-state index < -0.39 is 12.0 Å². The summed E-state index contributed by atoms with van der Waals surface area (Å²) in [6, 6.07) is 0. The summed E-state index contributed by atoms with van der Waals surface area (Å²) < 4.78 is 23.2. The molecule has 44 heavy (non-hydrogen) atoms. The van der Waals surface area contributed by atoms with Crippen LogP contribution in [0, 0.1) is 52.3 Å². The monoisotopic (exact) mass is 620 g/mol. The van der Waals surface area contributed by atoms with E-state index in [4.69, 9.17) is 18.9 Å². The van der Waals surface area contributed by atoms with Crippen molar-refractivity contribution in [3.8, 4) is 0 Å². The average Bonchev–Trinajstić information content (AvgIpc) is 3.29. The Balaban J connectivity index is 1.62. The van der Waals surface area contributed by atoms with Gasteiger partial charge in [0, 0.05) is 32.1 Å². The summed E-state index contributed by atoms with van der Waals surface area (Å²) in [4.78, 5) is 49.0. The zero-order valence-electron chi connectivity index (χ0n) is 28.1. The van der Waals surface area contributed by atoms with Gasteiger partial charge in [-0.05, 0) is 107 Å². The topological polar surface area (TPSA) is 125 Å². The Morgan fingerprint density at radius 1 is 0.841 bits per heavy atom. The first-order chi connectivity index (χ1) is 20.6. The SMILES string of the molecule is CCOC(=O)C(C)C(O)CC[C@@H](C)[C@H]1CC[C@H]2[C@@H]3[C@H](OC(C)=O)C[C@@H]4C[C@H](OC(C)=O)CC[C@]4(C)[C@H]3C[C@H](OC(C)=O)[C@]12C. The van der Waals surface area contributed by atoms with E-state index in [1.165, 1.54) is 20.8 Å². The van der Waals surface area contributed by atoms with Crippen LogP contribution in [0.15, 0.2) is 0 Å². The summed E-state index contributed by atoms with van der Waals surface area (Å²) in [7, 11) is 0. The minimum atomic E-state index is -0.785. The molecule has 4 aliphatic carbocycles. The normalized spacial score (nSPS) is 39.8. The fourth-order valence-corrected chi connectivity index (χ4v) is 10.4. The summed E-state index contributed by atoms with van der Waals surface area (Å²) in [5.41, 5.74) is -0.366. The first kappa shape index (κ1) is 34.7. The standard InChI is InChI=1S/C35H56O9/c1-9-41-33(40)20(3)29(39)13-10-19(2)26-11-12-27-32-28(18-31(35(26,27)8)44-23(6)38)34(7)15-14-25(42-21(4)36)16-24(34)17-30(32)43-22(5)37/h19-20,24-32,39H,9-18H2,1-8H3/t19-,20?,24+,25-,26-,27+,28+,29?,30-,31+,32+,34+,35-/m1/s1. The summed E-state index contributed by atoms with van der Waals surface area (Å²) in [5, 5.41) is 10.8. The van der Waals surface area contributed by atoms with Crippen LogP contribution in [0.2, 0.25) is 0 Å². The molecule has 0 aromatic carbocycles. The molecule has 0 aromatic rings. The van der Waals surface area contributed by atoms with Crippen molar-refractivity contribution in [3.05, 3.63) is 0 Å². The molecule has 4 rings (SSSR count). The van der Waals surface area contributed by atoms with Gasteiger partial charge in [0.1, 0.15) is 18.3 Å². The van der Waals surface area contributed by atoms with Crippen LogP contribution in [0.1, 0.15) is 113 Å². The van der Waals surface area contributed by atoms with E-state index in [2.05, 4.69) is 20.8 Å². The average molecular weight is 621 g/mol. The molecule has 250 valence electrons. The fourth-order valence-electron chi connectivity index (χ4n) is 10.4. The number of hydrogen-bond donors (Lipinski definition) is 1. The Bertz CT molecular complexity index is 1070. The summed E-state index contributed by atoms with van der Waals surface area (Å²) in [5.74, 6) is -0.539. The Morgan fingerprint density at radius 2 is 1.50 bits per heavy atom. The maximum Gasteiger partial charge on any atom is 0.311 e. The molecule has 9 heteroatoms. The van der Waals surface area contributed by atoms with Crippen molar-refractivity contribution >= 4 is 23.9 Å². The maximum atomic E-state index is 12.6. The van der Waals surface area contributed by atoms with Gasteiger partial charge in [0.05, 0.1) is 18.6 Å². The number of carbonyl (C=O) groups is 4. The van der Waals surface area contributed by atoms with Gasteiger partial charge < -0.3 is 24.1 Å². The highest BCUT2D eigenvalue weighted by molar-refractivity contribution is 5.72. The molecule has 1 N–H and O–H groups in total. The zero-order chi connectivity index (χ0) is 32.6. The number of fused-ring (bicyclic) bond motifs is 5. The molecular weight excluding hydrogens is 564 g/mol. The van der Waals surface area contributed by atoms with Crippen molar-refractivity contribution in [3.63, 3.8) is 0 Å². The van der Waals surface area contributed by atoms with Crippen molar-refractivity contribution in [2.24, 2.45) is 52.3 Å². The molecule has 4 aliphatic rings. The number of aliphatic hydroxyl groups is 1. The number of rotatable bonds is 10. The zero-order valence-corrected chi connectivity index (χ0v) is 28.1. The summed E-state index contributed by atoms with van der Waals surface area (Å²) in [6.07, 6.45) is 5.66. The van der Waals surface area contributed by atoms with Crippen LogP contribution in [0.3, 0.4) is 0 Å². The predicted octanol–water partition coefficient (Wildman–Crippen LogP) is 5.64. The highest BCUT2D eigenvalue weighted by Crippen LogP contribution is 2.69. The molecule has 0 aliphatic heterocycles. The van der Waals surface area contributed by atoms with Crippen LogP contribution in [0.4, 0.5) is 0 Å². The van der Waals surface area contributed by atoms with Crippen LogP contribution in [0.25, 0.3) is 0 Å². The largest absolute Gasteiger partial charge is 0.466 e. The molecule has 0 bridgehead atoms. The van der Waals surface area contributed by atoms with Gasteiger partial charge in [-0.3, -0.25) is 19.2 Å². The molecule has 0 radical (unpaired) electrons. The van der Waals surface area contributed by atoms with Gasteiger partial charge in [-0.1, -0.05) is 20.8 Å². The molecule has 13 atom stereocenters. The lowest BCUT2D eigenvalue weighted by Crippen LogP contribution is -2.63. The molecule has 0 spiro atoms. The van der Waals surface area contributed by atoms with Crippen LogP contribution < -0.4 is 0 Å². The number of esters is 4. The van der Waals surface area contributed by atoms with Gasteiger partial charge in [0.25, 0.3) is 0 Å². The summed E-state index contributed by atoms with van der Waals surface area (Å²) >= 11 is 0. The number of hydrogen-bond acceptors (Lipinski definition) is 9. The Morgan fingerprint density at radius 3 is 2.11 bits per heavy atom. The Hall–Kier alpha value is -2.16. The van der Waals surface area contributed by atoms with Crippen molar-refractivity contribution in [1.29, 1.82) is 0 Å². The Labute approximate surface area is 263 Å². The van der Waals surface area contributed by atoms with Crippen LogP contribution in [-0.2, 0) is 38.1 Å². The van der Waals surface area contributed by atoms with Gasteiger partial charge in [0.2, 0.25) is 0 Å². The van der Waals surface area contributed by atoms with E-state index in [0.29, 0.717) is 12.8 Å². The fraction of sp³-hybridized carbons (Fsp3) is 0.886. The molecule has 2 unspecified atom stereocenters. The molecule has 4 saturated carbocycles. The smallest absolute Gasteiger partial charge is 0.311 e. The van der Waals surface area contributed by atoms with Crippen LogP contribution >= 0.6 is 0 Å². The third-order valence-corrected chi connectivity index (χ3v) is 12.6. The van der Waals surface area contributed by atoms with E-state index in [1.54, 1.807) is 13.8 Å². The van der Waals surface area contributed by atoms with Crippen LogP contribution in [-0.4, -0.2) is 60.0 Å². The van der Waals surface area contributed by atoms with E-state index in [9.17, 15) is 24.3 Å². The van der Waals surface area contributed by atoms with E-state index in [1.807, 2.05) is 0 Å². The number of aliphatic hydroxyl groups excluding tert-OH is 1. The molecule has 0 heterocycles. The minimum absolute atomic E-state index is 0.0469. The van der Waals surface area contributed by atoms with Crippen molar-refractivity contribution < 1.29 is 43.2 Å².